The fourth-order valence-corrected chi connectivity index (χ4v) is 4.46. The highest BCUT2D eigenvalue weighted by atomic mass is 32.1. The zero-order valence-electron chi connectivity index (χ0n) is 16.6. The second-order valence-corrected chi connectivity index (χ2v) is 7.87. The minimum absolute atomic E-state index is 0.105. The zero-order chi connectivity index (χ0) is 21.3. The lowest BCUT2D eigenvalue weighted by molar-refractivity contribution is 0.0702. The van der Waals surface area contributed by atoms with Gasteiger partial charge >= 0.3 is 5.97 Å². The van der Waals surface area contributed by atoms with E-state index in [0.29, 0.717) is 33.9 Å². The van der Waals surface area contributed by atoms with E-state index in [0.717, 1.165) is 22.5 Å². The molecule has 150 valence electrons. The average Bonchev–Trinajstić information content (AvgIpc) is 3.14. The maximum Gasteiger partial charge on any atom is 0.348 e. The van der Waals surface area contributed by atoms with Gasteiger partial charge in [0.05, 0.1) is 11.4 Å². The molecule has 2 aromatic carbocycles. The number of rotatable bonds is 5. The first kappa shape index (κ1) is 19.8. The third-order valence-electron chi connectivity index (χ3n) is 5.01. The molecule has 1 N–H and O–H groups in total. The third-order valence-corrected chi connectivity index (χ3v) is 6.04. The molecule has 0 saturated heterocycles. The summed E-state index contributed by atoms with van der Waals surface area (Å²) in [6.45, 7) is 3.93. The van der Waals surface area contributed by atoms with Gasteiger partial charge in [-0.25, -0.2) is 14.2 Å². The normalized spacial score (nSPS) is 11.4. The summed E-state index contributed by atoms with van der Waals surface area (Å²) in [5.41, 5.74) is 4.13. The lowest BCUT2D eigenvalue weighted by Crippen LogP contribution is -2.21. The number of aromatic carboxylic acids is 1. The molecule has 0 spiro atoms. The van der Waals surface area contributed by atoms with Crippen LogP contribution >= 0.6 is 11.3 Å². The van der Waals surface area contributed by atoms with Gasteiger partial charge in [0.1, 0.15) is 4.88 Å². The predicted octanol–water partition coefficient (Wildman–Crippen LogP) is 5.16. The Morgan fingerprint density at radius 2 is 1.80 bits per heavy atom. The highest BCUT2D eigenvalue weighted by molar-refractivity contribution is 7.19. The maximum absolute atomic E-state index is 13.4. The van der Waals surface area contributed by atoms with Gasteiger partial charge in [-0.2, -0.15) is 0 Å². The minimum atomic E-state index is -1.07. The van der Waals surface area contributed by atoms with Crippen molar-refractivity contribution in [2.45, 2.75) is 20.3 Å². The Balaban J connectivity index is 1.97. The number of benzene rings is 2. The summed E-state index contributed by atoms with van der Waals surface area (Å²) in [5.74, 6) is -1.07. The quantitative estimate of drug-likeness (QED) is 0.488. The van der Waals surface area contributed by atoms with Crippen molar-refractivity contribution in [3.05, 3.63) is 92.2 Å². The van der Waals surface area contributed by atoms with E-state index < -0.39 is 5.97 Å². The predicted molar refractivity (Wildman–Crippen MR) is 121 cm³/mol. The Morgan fingerprint density at radius 3 is 2.47 bits per heavy atom. The number of hydrogen-bond acceptors (Lipinski definition) is 4. The Labute approximate surface area is 177 Å². The van der Waals surface area contributed by atoms with E-state index in [9.17, 15) is 14.7 Å². The van der Waals surface area contributed by atoms with Crippen LogP contribution in [0.3, 0.4) is 0 Å². The Kier molecular flexibility index (Phi) is 5.33. The van der Waals surface area contributed by atoms with Crippen molar-refractivity contribution in [1.29, 1.82) is 0 Å². The second kappa shape index (κ2) is 8.08. The molecule has 0 radical (unpaired) electrons. The van der Waals surface area contributed by atoms with Crippen molar-refractivity contribution in [1.82, 2.24) is 9.38 Å². The SMILES string of the molecule is CCc1c(/C=C/c2ccccc2C)nc2sc(C(=O)O)c(-c3ccccc3)n2c1=O. The van der Waals surface area contributed by atoms with E-state index in [2.05, 4.69) is 4.98 Å². The van der Waals surface area contributed by atoms with Gasteiger partial charge in [0.15, 0.2) is 4.96 Å². The van der Waals surface area contributed by atoms with Gasteiger partial charge in [-0.05, 0) is 30.5 Å². The topological polar surface area (TPSA) is 71.7 Å². The van der Waals surface area contributed by atoms with Gasteiger partial charge in [0.2, 0.25) is 0 Å². The first-order valence-corrected chi connectivity index (χ1v) is 10.4. The number of nitrogens with zero attached hydrogens (tertiary/aromatic N) is 2. The number of aryl methyl sites for hydroxylation is 1. The van der Waals surface area contributed by atoms with Crippen LogP contribution in [0.4, 0.5) is 0 Å². The molecule has 0 fully saturated rings. The van der Waals surface area contributed by atoms with Crippen LogP contribution in [-0.2, 0) is 6.42 Å². The molecule has 2 aromatic heterocycles. The molecule has 30 heavy (non-hydrogen) atoms. The highest BCUT2D eigenvalue weighted by Crippen LogP contribution is 2.31. The molecule has 4 rings (SSSR count). The van der Waals surface area contributed by atoms with Crippen LogP contribution in [0.25, 0.3) is 28.4 Å². The summed E-state index contributed by atoms with van der Waals surface area (Å²) in [5, 5.41) is 9.75. The molecule has 0 aliphatic rings. The summed E-state index contributed by atoms with van der Waals surface area (Å²) in [6, 6.07) is 17.1. The number of fused-ring (bicyclic) bond motifs is 1. The first-order valence-electron chi connectivity index (χ1n) is 9.62. The van der Waals surface area contributed by atoms with Crippen LogP contribution in [0.15, 0.2) is 59.4 Å². The van der Waals surface area contributed by atoms with Gasteiger partial charge in [-0.15, -0.1) is 0 Å². The Hall–Kier alpha value is -3.51. The minimum Gasteiger partial charge on any atom is -0.477 e. The number of hydrogen-bond donors (Lipinski definition) is 1. The van der Waals surface area contributed by atoms with E-state index in [1.54, 1.807) is 12.1 Å². The van der Waals surface area contributed by atoms with Crippen molar-refractivity contribution in [2.24, 2.45) is 0 Å². The van der Waals surface area contributed by atoms with Crippen LogP contribution in [0.1, 0.15) is 39.0 Å². The summed E-state index contributed by atoms with van der Waals surface area (Å²) in [7, 11) is 0. The largest absolute Gasteiger partial charge is 0.477 e. The third kappa shape index (κ3) is 3.46. The summed E-state index contributed by atoms with van der Waals surface area (Å²) in [6.07, 6.45) is 4.27. The molecule has 6 heteroatoms. The van der Waals surface area contributed by atoms with Crippen molar-refractivity contribution in [3.8, 4) is 11.3 Å². The van der Waals surface area contributed by atoms with Gasteiger partial charge in [0.25, 0.3) is 5.56 Å². The summed E-state index contributed by atoms with van der Waals surface area (Å²) < 4.78 is 1.44. The molecule has 4 aromatic rings. The van der Waals surface area contributed by atoms with Gasteiger partial charge < -0.3 is 5.11 Å². The molecular weight excluding hydrogens is 396 g/mol. The van der Waals surface area contributed by atoms with E-state index in [4.69, 9.17) is 0 Å². The van der Waals surface area contributed by atoms with Gasteiger partial charge in [0, 0.05) is 11.1 Å². The Bertz CT molecular complexity index is 1330. The van der Waals surface area contributed by atoms with Crippen LogP contribution in [0.2, 0.25) is 0 Å². The van der Waals surface area contributed by atoms with Crippen LogP contribution in [0.5, 0.6) is 0 Å². The van der Waals surface area contributed by atoms with Crippen LogP contribution < -0.4 is 5.56 Å². The molecule has 0 aliphatic heterocycles. The number of thiazole rings is 1. The average molecular weight is 417 g/mol. The van der Waals surface area contributed by atoms with Crippen molar-refractivity contribution < 1.29 is 9.90 Å². The number of carboxylic acids is 1. The summed E-state index contributed by atoms with van der Waals surface area (Å²) >= 11 is 1.02. The first-order chi connectivity index (χ1) is 14.5. The van der Waals surface area contributed by atoms with Crippen molar-refractivity contribution in [3.63, 3.8) is 0 Å². The van der Waals surface area contributed by atoms with Gasteiger partial charge in [-0.3, -0.25) is 4.79 Å². The maximum atomic E-state index is 13.4. The fraction of sp³-hybridized carbons (Fsp3) is 0.125. The second-order valence-electron chi connectivity index (χ2n) is 6.89. The van der Waals surface area contributed by atoms with Crippen LogP contribution in [-0.4, -0.2) is 20.5 Å². The molecule has 0 amide bonds. The van der Waals surface area contributed by atoms with Gasteiger partial charge in [-0.1, -0.05) is 78.9 Å². The molecule has 0 unspecified atom stereocenters. The molecule has 0 aliphatic carbocycles. The molecule has 5 nitrogen and oxygen atoms in total. The fourth-order valence-electron chi connectivity index (χ4n) is 3.47. The standard InChI is InChI=1S/C24H20N2O3S/c1-3-18-19(14-13-16-10-8-7-9-15(16)2)25-24-26(22(18)27)20(21(30-24)23(28)29)17-11-5-4-6-12-17/h4-14H,3H2,1-2H3,(H,28,29)/b14-13+. The molecule has 0 atom stereocenters. The Morgan fingerprint density at radius 1 is 1.10 bits per heavy atom. The van der Waals surface area contributed by atoms with E-state index in [1.807, 2.05) is 68.5 Å². The number of aromatic nitrogens is 2. The monoisotopic (exact) mass is 416 g/mol. The number of carboxylic acid groups (broad SMARTS) is 1. The highest BCUT2D eigenvalue weighted by Gasteiger charge is 2.23. The summed E-state index contributed by atoms with van der Waals surface area (Å²) in [4.78, 5) is 30.5. The van der Waals surface area contributed by atoms with E-state index >= 15 is 0 Å². The number of carbonyl (C=O) groups is 1. The molecule has 2 heterocycles. The lowest BCUT2D eigenvalue weighted by atomic mass is 10.1. The van der Waals surface area contributed by atoms with Crippen molar-refractivity contribution in [2.75, 3.05) is 0 Å². The van der Waals surface area contributed by atoms with Crippen LogP contribution in [0, 0.1) is 6.92 Å². The molecule has 0 saturated carbocycles. The molecular formula is C24H20N2O3S. The van der Waals surface area contributed by atoms with E-state index in [-0.39, 0.29) is 10.4 Å². The lowest BCUT2D eigenvalue weighted by Gasteiger charge is -2.07. The van der Waals surface area contributed by atoms with E-state index in [1.165, 1.54) is 4.40 Å². The van der Waals surface area contributed by atoms with Crippen molar-refractivity contribution >= 4 is 34.4 Å². The zero-order valence-corrected chi connectivity index (χ0v) is 17.4. The molecule has 0 bridgehead atoms. The smallest absolute Gasteiger partial charge is 0.348 e.